The third-order valence-corrected chi connectivity index (χ3v) is 3.19. The fourth-order valence-electron chi connectivity index (χ4n) is 2.28. The Morgan fingerprint density at radius 2 is 2.24 bits per heavy atom. The summed E-state index contributed by atoms with van der Waals surface area (Å²) < 4.78 is 1.78. The van der Waals surface area contributed by atoms with Gasteiger partial charge in [0.15, 0.2) is 5.82 Å². The van der Waals surface area contributed by atoms with E-state index in [0.29, 0.717) is 0 Å². The molecule has 0 fully saturated rings. The lowest BCUT2D eigenvalue weighted by molar-refractivity contribution is 0.756. The van der Waals surface area contributed by atoms with Crippen LogP contribution in [0.15, 0.2) is 24.5 Å². The zero-order valence-electron chi connectivity index (χ0n) is 9.72. The predicted molar refractivity (Wildman–Crippen MR) is 68.0 cm³/mol. The molecular formula is C13H14N4. The molecule has 4 heteroatoms. The topological polar surface area (TPSA) is 56.7 Å². The maximum Gasteiger partial charge on any atom is 0.150 e. The van der Waals surface area contributed by atoms with Crippen molar-refractivity contribution in [1.29, 1.82) is 0 Å². The molecule has 17 heavy (non-hydrogen) atoms. The molecule has 0 radical (unpaired) electrons. The molecule has 1 heterocycles. The Hall–Kier alpha value is -2.10. The van der Waals surface area contributed by atoms with Crippen LogP contribution < -0.4 is 5.73 Å². The Balaban J connectivity index is 2.04. The third kappa shape index (κ3) is 1.71. The first kappa shape index (κ1) is 10.1. The van der Waals surface area contributed by atoms with Crippen molar-refractivity contribution in [2.75, 3.05) is 5.73 Å². The molecule has 4 nitrogen and oxygen atoms in total. The minimum absolute atomic E-state index is 0.837. The van der Waals surface area contributed by atoms with Crippen LogP contribution >= 0.6 is 0 Å². The summed E-state index contributed by atoms with van der Waals surface area (Å²) in [6.07, 6.45) is 5.79. The lowest BCUT2D eigenvalue weighted by Gasteiger charge is -2.02. The molecule has 0 bridgehead atoms. The van der Waals surface area contributed by atoms with Crippen LogP contribution in [-0.2, 0) is 13.5 Å². The van der Waals surface area contributed by atoms with Crippen LogP contribution in [0.3, 0.4) is 0 Å². The summed E-state index contributed by atoms with van der Waals surface area (Å²) in [5, 5.41) is 4.07. The van der Waals surface area contributed by atoms with Gasteiger partial charge in [-0.05, 0) is 47.8 Å². The number of nitrogen functional groups attached to an aromatic ring is 1. The van der Waals surface area contributed by atoms with Crippen LogP contribution in [0.5, 0.6) is 0 Å². The van der Waals surface area contributed by atoms with E-state index in [4.69, 9.17) is 5.73 Å². The standard InChI is InChI=1S/C13H14N4/c1-17-13(15-8-16-17)7-10-3-2-9-6-11(14)4-5-12(9)10/h4-8H,2-3,14H2,1H3/b10-7+. The summed E-state index contributed by atoms with van der Waals surface area (Å²) in [6.45, 7) is 0. The summed E-state index contributed by atoms with van der Waals surface area (Å²) in [6, 6.07) is 6.11. The highest BCUT2D eigenvalue weighted by Crippen LogP contribution is 2.34. The molecular weight excluding hydrogens is 212 g/mol. The molecule has 0 aliphatic heterocycles. The Kier molecular flexibility index (Phi) is 2.21. The first-order valence-electron chi connectivity index (χ1n) is 5.67. The summed E-state index contributed by atoms with van der Waals surface area (Å²) in [4.78, 5) is 4.22. The third-order valence-electron chi connectivity index (χ3n) is 3.19. The second-order valence-electron chi connectivity index (χ2n) is 4.33. The number of nitrogens with two attached hydrogens (primary N) is 1. The van der Waals surface area contributed by atoms with E-state index < -0.39 is 0 Å². The van der Waals surface area contributed by atoms with Crippen LogP contribution in [-0.4, -0.2) is 14.8 Å². The molecule has 0 unspecified atom stereocenters. The van der Waals surface area contributed by atoms with E-state index in [2.05, 4.69) is 28.3 Å². The fraction of sp³-hybridized carbons (Fsp3) is 0.231. The molecule has 1 aliphatic carbocycles. The lowest BCUT2D eigenvalue weighted by atomic mass is 10.1. The molecule has 0 saturated carbocycles. The Morgan fingerprint density at radius 1 is 1.35 bits per heavy atom. The number of aromatic nitrogens is 3. The number of aryl methyl sites for hydroxylation is 2. The van der Waals surface area contributed by atoms with E-state index in [1.807, 2.05) is 13.1 Å². The van der Waals surface area contributed by atoms with Crippen molar-refractivity contribution >= 4 is 17.3 Å². The van der Waals surface area contributed by atoms with Gasteiger partial charge in [-0.3, -0.25) is 0 Å². The molecule has 0 atom stereocenters. The van der Waals surface area contributed by atoms with Gasteiger partial charge >= 0.3 is 0 Å². The average Bonchev–Trinajstić information content (AvgIpc) is 2.87. The van der Waals surface area contributed by atoms with Crippen molar-refractivity contribution in [3.05, 3.63) is 41.5 Å². The molecule has 1 aromatic heterocycles. The van der Waals surface area contributed by atoms with Gasteiger partial charge in [0.25, 0.3) is 0 Å². The van der Waals surface area contributed by atoms with Gasteiger partial charge < -0.3 is 5.73 Å². The summed E-state index contributed by atoms with van der Waals surface area (Å²) in [7, 11) is 1.90. The SMILES string of the molecule is Cn1ncnc1/C=C1\CCc2cc(N)ccc21. The number of hydrogen-bond donors (Lipinski definition) is 1. The Labute approximate surface area is 99.8 Å². The molecule has 3 rings (SSSR count). The quantitative estimate of drug-likeness (QED) is 0.755. The van der Waals surface area contributed by atoms with Crippen molar-refractivity contribution in [2.45, 2.75) is 12.8 Å². The van der Waals surface area contributed by atoms with Gasteiger partial charge in [0, 0.05) is 12.7 Å². The zero-order valence-corrected chi connectivity index (χ0v) is 9.72. The zero-order chi connectivity index (χ0) is 11.8. The van der Waals surface area contributed by atoms with Crippen molar-refractivity contribution in [3.8, 4) is 0 Å². The Morgan fingerprint density at radius 3 is 3.00 bits per heavy atom. The highest BCUT2D eigenvalue weighted by Gasteiger charge is 2.16. The number of benzene rings is 1. The number of anilines is 1. The minimum Gasteiger partial charge on any atom is -0.399 e. The van der Waals surface area contributed by atoms with E-state index in [1.54, 1.807) is 11.0 Å². The summed E-state index contributed by atoms with van der Waals surface area (Å²) >= 11 is 0. The van der Waals surface area contributed by atoms with Crippen molar-refractivity contribution in [2.24, 2.45) is 7.05 Å². The summed E-state index contributed by atoms with van der Waals surface area (Å²) in [5.74, 6) is 0.893. The van der Waals surface area contributed by atoms with Gasteiger partial charge in [-0.15, -0.1) is 0 Å². The molecule has 0 amide bonds. The first-order valence-corrected chi connectivity index (χ1v) is 5.67. The van der Waals surface area contributed by atoms with Crippen molar-refractivity contribution in [1.82, 2.24) is 14.8 Å². The molecule has 86 valence electrons. The molecule has 1 aromatic carbocycles. The highest BCUT2D eigenvalue weighted by atomic mass is 15.3. The van der Waals surface area contributed by atoms with Crippen LogP contribution in [0.4, 0.5) is 5.69 Å². The number of hydrogen-bond acceptors (Lipinski definition) is 3. The predicted octanol–water partition coefficient (Wildman–Crippen LogP) is 1.88. The molecule has 1 aliphatic rings. The maximum atomic E-state index is 5.79. The van der Waals surface area contributed by atoms with Gasteiger partial charge in [-0.1, -0.05) is 6.07 Å². The normalized spacial score (nSPS) is 16.4. The number of allylic oxidation sites excluding steroid dienone is 1. The number of fused-ring (bicyclic) bond motifs is 1. The number of rotatable bonds is 1. The molecule has 0 saturated heterocycles. The van der Waals surface area contributed by atoms with Gasteiger partial charge in [0.05, 0.1) is 0 Å². The lowest BCUT2D eigenvalue weighted by Crippen LogP contribution is -1.94. The molecule has 2 aromatic rings. The Bertz CT molecular complexity index is 595. The van der Waals surface area contributed by atoms with E-state index in [-0.39, 0.29) is 0 Å². The summed E-state index contributed by atoms with van der Waals surface area (Å²) in [5.41, 5.74) is 10.6. The maximum absolute atomic E-state index is 5.79. The van der Waals surface area contributed by atoms with E-state index in [9.17, 15) is 0 Å². The van der Waals surface area contributed by atoms with Gasteiger partial charge in [0.1, 0.15) is 6.33 Å². The van der Waals surface area contributed by atoms with Gasteiger partial charge in [-0.25, -0.2) is 9.67 Å². The average molecular weight is 226 g/mol. The largest absolute Gasteiger partial charge is 0.399 e. The van der Waals surface area contributed by atoms with E-state index in [1.165, 1.54) is 16.7 Å². The minimum atomic E-state index is 0.837. The van der Waals surface area contributed by atoms with Crippen molar-refractivity contribution in [3.63, 3.8) is 0 Å². The monoisotopic (exact) mass is 226 g/mol. The van der Waals surface area contributed by atoms with E-state index in [0.717, 1.165) is 24.4 Å². The highest BCUT2D eigenvalue weighted by molar-refractivity contribution is 5.84. The second-order valence-corrected chi connectivity index (χ2v) is 4.33. The molecule has 2 N–H and O–H groups in total. The first-order chi connectivity index (χ1) is 8.24. The van der Waals surface area contributed by atoms with Crippen LogP contribution in [0.2, 0.25) is 0 Å². The van der Waals surface area contributed by atoms with Crippen LogP contribution in [0.25, 0.3) is 11.6 Å². The van der Waals surface area contributed by atoms with Crippen molar-refractivity contribution < 1.29 is 0 Å². The van der Waals surface area contributed by atoms with Gasteiger partial charge in [0.2, 0.25) is 0 Å². The smallest absolute Gasteiger partial charge is 0.150 e. The second kappa shape index (κ2) is 3.73. The van der Waals surface area contributed by atoms with Crippen LogP contribution in [0, 0.1) is 0 Å². The number of nitrogens with zero attached hydrogens (tertiary/aromatic N) is 3. The molecule has 0 spiro atoms. The fourth-order valence-corrected chi connectivity index (χ4v) is 2.28. The van der Waals surface area contributed by atoms with Crippen LogP contribution in [0.1, 0.15) is 23.4 Å². The van der Waals surface area contributed by atoms with E-state index >= 15 is 0 Å². The van der Waals surface area contributed by atoms with Gasteiger partial charge in [-0.2, -0.15) is 5.10 Å².